The number of fused-ring (bicyclic) bond motifs is 1. The van der Waals surface area contributed by atoms with Crippen LogP contribution in [-0.2, 0) is 0 Å². The Labute approximate surface area is 136 Å². The van der Waals surface area contributed by atoms with Crippen LogP contribution in [0.15, 0.2) is 34.7 Å². The fourth-order valence-electron chi connectivity index (χ4n) is 2.42. The molecular formula is C17H15O7+. The quantitative estimate of drug-likeness (QED) is 0.545. The Morgan fingerprint density at radius 2 is 1.42 bits per heavy atom. The molecule has 3 aromatic rings. The summed E-state index contributed by atoms with van der Waals surface area (Å²) in [5.41, 5.74) is 0.551. The summed E-state index contributed by atoms with van der Waals surface area (Å²) in [7, 11) is 2.76. The van der Waals surface area contributed by atoms with Gasteiger partial charge in [0.25, 0.3) is 0 Å². The number of phenolic OH excluding ortho intramolecular Hbond substituents is 3. The van der Waals surface area contributed by atoms with Gasteiger partial charge in [-0.2, -0.15) is 0 Å². The van der Waals surface area contributed by atoms with Crippen LogP contribution < -0.4 is 9.47 Å². The van der Waals surface area contributed by atoms with Crippen molar-refractivity contribution >= 4 is 11.0 Å². The number of benzene rings is 2. The number of ether oxygens (including phenoxy) is 2. The van der Waals surface area contributed by atoms with Crippen LogP contribution in [0.1, 0.15) is 0 Å². The van der Waals surface area contributed by atoms with Crippen molar-refractivity contribution in [3.63, 3.8) is 0 Å². The van der Waals surface area contributed by atoms with Crippen LogP contribution in [0.25, 0.3) is 22.3 Å². The van der Waals surface area contributed by atoms with Gasteiger partial charge in [-0.1, -0.05) is 0 Å². The number of hydrogen-bond acceptors (Lipinski definition) is 6. The molecule has 7 nitrogen and oxygen atoms in total. The van der Waals surface area contributed by atoms with Gasteiger partial charge in [0, 0.05) is 24.3 Å². The summed E-state index contributed by atoms with van der Waals surface area (Å²) >= 11 is 0. The van der Waals surface area contributed by atoms with E-state index in [1.54, 1.807) is 0 Å². The van der Waals surface area contributed by atoms with Crippen molar-refractivity contribution < 1.29 is 34.3 Å². The Hall–Kier alpha value is -3.35. The molecule has 2 aromatic carbocycles. The van der Waals surface area contributed by atoms with Gasteiger partial charge in [0.1, 0.15) is 16.9 Å². The lowest BCUT2D eigenvalue weighted by molar-refractivity contribution is 0.340. The largest absolute Gasteiger partial charge is 0.507 e. The first-order valence-corrected chi connectivity index (χ1v) is 6.91. The van der Waals surface area contributed by atoms with Gasteiger partial charge in [-0.25, -0.2) is 4.42 Å². The van der Waals surface area contributed by atoms with Gasteiger partial charge in [0.2, 0.25) is 11.5 Å². The first-order valence-electron chi connectivity index (χ1n) is 6.91. The predicted molar refractivity (Wildman–Crippen MR) is 85.8 cm³/mol. The fraction of sp³-hybridized carbons (Fsp3) is 0.118. The van der Waals surface area contributed by atoms with Crippen molar-refractivity contribution in [1.82, 2.24) is 0 Å². The Kier molecular flexibility index (Phi) is 3.69. The summed E-state index contributed by atoms with van der Waals surface area (Å²) in [6.07, 6.45) is 0. The maximum atomic E-state index is 10.2. The highest BCUT2D eigenvalue weighted by molar-refractivity contribution is 5.88. The lowest BCUT2D eigenvalue weighted by Gasteiger charge is -2.09. The third-order valence-electron chi connectivity index (χ3n) is 3.57. The zero-order valence-electron chi connectivity index (χ0n) is 12.9. The maximum absolute atomic E-state index is 10.2. The molecule has 0 amide bonds. The van der Waals surface area contributed by atoms with Crippen molar-refractivity contribution in [3.05, 3.63) is 30.3 Å². The van der Waals surface area contributed by atoms with Crippen molar-refractivity contribution in [3.8, 4) is 45.8 Å². The molecule has 124 valence electrons. The predicted octanol–water partition coefficient (Wildman–Crippen LogP) is 3.22. The Morgan fingerprint density at radius 3 is 2.00 bits per heavy atom. The van der Waals surface area contributed by atoms with E-state index in [4.69, 9.17) is 13.9 Å². The van der Waals surface area contributed by atoms with Crippen molar-refractivity contribution in [1.29, 1.82) is 0 Å². The standard InChI is InChI=1S/C17H14O7/c1-22-14-3-8(4-15(23-2)16(14)21)17-12(20)7-10-11(19)5-9(18)6-13(10)24-17/h3-7H,1-2H3,(H3-,18,19,20,21)/p+1. The van der Waals surface area contributed by atoms with Gasteiger partial charge < -0.3 is 29.9 Å². The zero-order chi connectivity index (χ0) is 17.4. The van der Waals surface area contributed by atoms with E-state index >= 15 is 0 Å². The summed E-state index contributed by atoms with van der Waals surface area (Å²) < 4.78 is 15.8. The fourth-order valence-corrected chi connectivity index (χ4v) is 2.42. The average molecular weight is 331 g/mol. The molecule has 0 saturated heterocycles. The lowest BCUT2D eigenvalue weighted by Crippen LogP contribution is -1.91. The molecule has 1 aromatic heterocycles. The molecule has 0 aliphatic carbocycles. The van der Waals surface area contributed by atoms with E-state index < -0.39 is 0 Å². The molecule has 24 heavy (non-hydrogen) atoms. The van der Waals surface area contributed by atoms with Crippen LogP contribution in [0.4, 0.5) is 0 Å². The van der Waals surface area contributed by atoms with Gasteiger partial charge in [0.05, 0.1) is 25.8 Å². The van der Waals surface area contributed by atoms with E-state index in [1.807, 2.05) is 0 Å². The second kappa shape index (κ2) is 5.69. The SMILES string of the molecule is COc1cc(-c2[o+]c3cc(O)cc(O)c3cc2O)cc(OC)c1O. The van der Waals surface area contributed by atoms with Crippen LogP contribution in [-0.4, -0.2) is 34.6 Å². The number of hydrogen-bond donors (Lipinski definition) is 4. The number of phenols is 3. The Morgan fingerprint density at radius 1 is 0.792 bits per heavy atom. The van der Waals surface area contributed by atoms with E-state index in [0.717, 1.165) is 6.07 Å². The van der Waals surface area contributed by atoms with E-state index in [9.17, 15) is 20.4 Å². The molecule has 0 atom stereocenters. The van der Waals surface area contributed by atoms with Gasteiger partial charge in [-0.15, -0.1) is 0 Å². The smallest absolute Gasteiger partial charge is 0.402 e. The van der Waals surface area contributed by atoms with E-state index in [0.29, 0.717) is 5.56 Å². The van der Waals surface area contributed by atoms with Crippen LogP contribution in [0.2, 0.25) is 0 Å². The van der Waals surface area contributed by atoms with E-state index in [1.165, 1.54) is 38.5 Å². The summed E-state index contributed by atoms with van der Waals surface area (Å²) in [4.78, 5) is 0. The minimum atomic E-state index is -0.238. The van der Waals surface area contributed by atoms with E-state index in [2.05, 4.69) is 0 Å². The first-order chi connectivity index (χ1) is 11.4. The van der Waals surface area contributed by atoms with Crippen molar-refractivity contribution in [2.45, 2.75) is 0 Å². The Balaban J connectivity index is 2.28. The molecule has 0 aliphatic heterocycles. The van der Waals surface area contributed by atoms with E-state index in [-0.39, 0.29) is 51.2 Å². The molecule has 0 fully saturated rings. The second-order valence-electron chi connectivity index (χ2n) is 5.07. The number of methoxy groups -OCH3 is 2. The molecule has 0 aliphatic rings. The average Bonchev–Trinajstić information content (AvgIpc) is 2.55. The minimum Gasteiger partial charge on any atom is -0.507 e. The third kappa shape index (κ3) is 2.45. The van der Waals surface area contributed by atoms with Crippen molar-refractivity contribution in [2.75, 3.05) is 14.2 Å². The summed E-state index contributed by atoms with van der Waals surface area (Å²) in [6.45, 7) is 0. The van der Waals surface area contributed by atoms with Crippen LogP contribution in [0.3, 0.4) is 0 Å². The Bertz CT molecular complexity index is 909. The highest BCUT2D eigenvalue weighted by Crippen LogP contribution is 2.44. The molecule has 1 heterocycles. The van der Waals surface area contributed by atoms with Crippen molar-refractivity contribution in [2.24, 2.45) is 0 Å². The zero-order valence-corrected chi connectivity index (χ0v) is 12.9. The highest BCUT2D eigenvalue weighted by atomic mass is 16.5. The molecule has 0 radical (unpaired) electrons. The summed E-state index contributed by atoms with van der Waals surface area (Å²) in [5.74, 6) is -0.491. The topological polar surface area (TPSA) is 111 Å². The molecule has 7 heteroatoms. The van der Waals surface area contributed by atoms with Crippen LogP contribution >= 0.6 is 0 Å². The number of rotatable bonds is 3. The third-order valence-corrected chi connectivity index (χ3v) is 3.57. The highest BCUT2D eigenvalue weighted by Gasteiger charge is 2.26. The molecule has 0 spiro atoms. The molecular weight excluding hydrogens is 316 g/mol. The molecule has 3 rings (SSSR count). The van der Waals surface area contributed by atoms with Gasteiger partial charge in [-0.3, -0.25) is 0 Å². The van der Waals surface area contributed by atoms with Gasteiger partial charge in [-0.05, 0) is 0 Å². The van der Waals surface area contributed by atoms with Crippen LogP contribution in [0.5, 0.6) is 34.5 Å². The van der Waals surface area contributed by atoms with Gasteiger partial charge in [0.15, 0.2) is 11.5 Å². The van der Waals surface area contributed by atoms with Gasteiger partial charge >= 0.3 is 11.3 Å². The second-order valence-corrected chi connectivity index (χ2v) is 5.07. The molecule has 0 bridgehead atoms. The maximum Gasteiger partial charge on any atom is 0.402 e. The molecule has 0 unspecified atom stereocenters. The summed E-state index contributed by atoms with van der Waals surface area (Å²) in [6, 6.07) is 6.70. The monoisotopic (exact) mass is 331 g/mol. The molecule has 0 saturated carbocycles. The first kappa shape index (κ1) is 15.5. The minimum absolute atomic E-state index is 0.0594. The normalized spacial score (nSPS) is 10.8. The molecule has 4 N–H and O–H groups in total. The number of aromatic hydroxyl groups is 4. The summed E-state index contributed by atoms with van der Waals surface area (Å²) in [5, 5.41) is 39.9. The van der Waals surface area contributed by atoms with Crippen LogP contribution in [0, 0.1) is 0 Å². The lowest BCUT2D eigenvalue weighted by atomic mass is 10.1.